The SMILES string of the molecule is CCN(c1ccc(C(=O)NCCCNC(=O)OC(C)(C)C)cc1)C(C)C. The lowest BCUT2D eigenvalue weighted by molar-refractivity contribution is 0.0527. The standard InChI is InChI=1S/C20H33N3O3/c1-7-23(15(2)3)17-11-9-16(10-12-17)18(24)21-13-8-14-22-19(25)26-20(4,5)6/h9-12,15H,7-8,13-14H2,1-6H3,(H,21,24)(H,22,25). The van der Waals surface area contributed by atoms with Gasteiger partial charge in [0.15, 0.2) is 0 Å². The highest BCUT2D eigenvalue weighted by Crippen LogP contribution is 2.17. The lowest BCUT2D eigenvalue weighted by Gasteiger charge is -2.27. The van der Waals surface area contributed by atoms with E-state index in [-0.39, 0.29) is 5.91 Å². The average molecular weight is 364 g/mol. The Kier molecular flexibility index (Phi) is 8.42. The molecule has 0 aliphatic carbocycles. The van der Waals surface area contributed by atoms with Crippen LogP contribution in [0.5, 0.6) is 0 Å². The van der Waals surface area contributed by atoms with Crippen molar-refractivity contribution < 1.29 is 14.3 Å². The molecule has 0 atom stereocenters. The number of benzene rings is 1. The summed E-state index contributed by atoms with van der Waals surface area (Å²) in [6, 6.07) is 8.05. The Morgan fingerprint density at radius 2 is 1.65 bits per heavy atom. The van der Waals surface area contributed by atoms with Gasteiger partial charge in [-0.2, -0.15) is 0 Å². The van der Waals surface area contributed by atoms with Crippen molar-refractivity contribution in [2.24, 2.45) is 0 Å². The molecular formula is C20H33N3O3. The van der Waals surface area contributed by atoms with E-state index in [9.17, 15) is 9.59 Å². The first-order valence-electron chi connectivity index (χ1n) is 9.25. The van der Waals surface area contributed by atoms with Gasteiger partial charge in [0.2, 0.25) is 0 Å². The van der Waals surface area contributed by atoms with Crippen LogP contribution in [-0.2, 0) is 4.74 Å². The molecule has 6 heteroatoms. The molecule has 0 bridgehead atoms. The van der Waals surface area contributed by atoms with Crippen LogP contribution in [0.1, 0.15) is 58.3 Å². The number of alkyl carbamates (subject to hydrolysis) is 1. The van der Waals surface area contributed by atoms with Crippen molar-refractivity contribution in [1.82, 2.24) is 10.6 Å². The van der Waals surface area contributed by atoms with Gasteiger partial charge in [-0.05, 0) is 72.2 Å². The number of hydrogen-bond acceptors (Lipinski definition) is 4. The van der Waals surface area contributed by atoms with Crippen LogP contribution in [0.3, 0.4) is 0 Å². The molecule has 0 aliphatic rings. The van der Waals surface area contributed by atoms with Crippen molar-refractivity contribution in [1.29, 1.82) is 0 Å². The molecule has 0 aliphatic heterocycles. The Bertz CT molecular complexity index is 577. The van der Waals surface area contributed by atoms with Gasteiger partial charge in [-0.25, -0.2) is 4.79 Å². The van der Waals surface area contributed by atoms with E-state index in [1.54, 1.807) is 0 Å². The van der Waals surface area contributed by atoms with Crippen molar-refractivity contribution in [3.63, 3.8) is 0 Å². The second-order valence-corrected chi connectivity index (χ2v) is 7.46. The van der Waals surface area contributed by atoms with Crippen LogP contribution >= 0.6 is 0 Å². The second-order valence-electron chi connectivity index (χ2n) is 7.46. The molecule has 0 heterocycles. The molecule has 0 radical (unpaired) electrons. The summed E-state index contributed by atoms with van der Waals surface area (Å²) in [6.45, 7) is 13.7. The van der Waals surface area contributed by atoms with Crippen LogP contribution in [0.15, 0.2) is 24.3 Å². The maximum Gasteiger partial charge on any atom is 0.407 e. The summed E-state index contributed by atoms with van der Waals surface area (Å²) in [5.41, 5.74) is 1.24. The number of carbonyl (C=O) groups is 2. The Morgan fingerprint density at radius 1 is 1.08 bits per heavy atom. The Labute approximate surface area is 157 Å². The first-order valence-corrected chi connectivity index (χ1v) is 9.25. The highest BCUT2D eigenvalue weighted by molar-refractivity contribution is 5.94. The van der Waals surface area contributed by atoms with E-state index in [1.807, 2.05) is 45.0 Å². The van der Waals surface area contributed by atoms with Crippen LogP contribution in [0, 0.1) is 0 Å². The summed E-state index contributed by atoms with van der Waals surface area (Å²) in [5.74, 6) is -0.110. The van der Waals surface area contributed by atoms with Gasteiger partial charge in [0.05, 0.1) is 0 Å². The monoisotopic (exact) mass is 363 g/mol. The number of anilines is 1. The van der Waals surface area contributed by atoms with Gasteiger partial charge in [0, 0.05) is 36.9 Å². The molecule has 26 heavy (non-hydrogen) atoms. The summed E-state index contributed by atoms with van der Waals surface area (Å²) >= 11 is 0. The summed E-state index contributed by atoms with van der Waals surface area (Å²) < 4.78 is 5.15. The topological polar surface area (TPSA) is 70.7 Å². The molecule has 2 N–H and O–H groups in total. The first-order chi connectivity index (χ1) is 12.1. The van der Waals surface area contributed by atoms with E-state index < -0.39 is 11.7 Å². The van der Waals surface area contributed by atoms with Gasteiger partial charge in [-0.3, -0.25) is 4.79 Å². The van der Waals surface area contributed by atoms with Gasteiger partial charge in [-0.1, -0.05) is 0 Å². The minimum absolute atomic E-state index is 0.110. The van der Waals surface area contributed by atoms with E-state index in [2.05, 4.69) is 36.3 Å². The minimum Gasteiger partial charge on any atom is -0.444 e. The van der Waals surface area contributed by atoms with Gasteiger partial charge in [0.1, 0.15) is 5.60 Å². The minimum atomic E-state index is -0.507. The van der Waals surface area contributed by atoms with E-state index in [0.717, 1.165) is 12.2 Å². The number of rotatable bonds is 8. The van der Waals surface area contributed by atoms with Crippen molar-refractivity contribution >= 4 is 17.7 Å². The molecular weight excluding hydrogens is 330 g/mol. The third-order valence-electron chi connectivity index (χ3n) is 3.73. The maximum atomic E-state index is 12.2. The fraction of sp³-hybridized carbons (Fsp3) is 0.600. The van der Waals surface area contributed by atoms with Crippen molar-refractivity contribution in [3.8, 4) is 0 Å². The lowest BCUT2D eigenvalue weighted by Crippen LogP contribution is -2.34. The molecule has 1 aromatic carbocycles. The molecule has 6 nitrogen and oxygen atoms in total. The first kappa shape index (κ1) is 21.8. The summed E-state index contributed by atoms with van der Waals surface area (Å²) in [4.78, 5) is 26.0. The largest absolute Gasteiger partial charge is 0.444 e. The zero-order valence-corrected chi connectivity index (χ0v) is 16.9. The number of nitrogens with zero attached hydrogens (tertiary/aromatic N) is 1. The van der Waals surface area contributed by atoms with E-state index in [0.29, 0.717) is 31.1 Å². The molecule has 0 saturated carbocycles. The molecule has 146 valence electrons. The molecule has 2 amide bonds. The number of hydrogen-bond donors (Lipinski definition) is 2. The second kappa shape index (κ2) is 10.0. The van der Waals surface area contributed by atoms with E-state index >= 15 is 0 Å². The highest BCUT2D eigenvalue weighted by atomic mass is 16.6. The third-order valence-corrected chi connectivity index (χ3v) is 3.73. The molecule has 0 unspecified atom stereocenters. The molecule has 1 rings (SSSR count). The van der Waals surface area contributed by atoms with E-state index in [1.165, 1.54) is 0 Å². The number of nitrogens with one attached hydrogen (secondary N) is 2. The molecule has 0 saturated heterocycles. The summed E-state index contributed by atoms with van der Waals surface area (Å²) in [7, 11) is 0. The highest BCUT2D eigenvalue weighted by Gasteiger charge is 2.15. The molecule has 0 aromatic heterocycles. The van der Waals surface area contributed by atoms with Crippen LogP contribution in [0.4, 0.5) is 10.5 Å². The number of carbonyl (C=O) groups excluding carboxylic acids is 2. The fourth-order valence-corrected chi connectivity index (χ4v) is 2.55. The fourth-order valence-electron chi connectivity index (χ4n) is 2.55. The maximum absolute atomic E-state index is 12.2. The van der Waals surface area contributed by atoms with Gasteiger partial charge < -0.3 is 20.3 Å². The molecule has 1 aromatic rings. The van der Waals surface area contributed by atoms with Crippen LogP contribution in [0.2, 0.25) is 0 Å². The zero-order valence-electron chi connectivity index (χ0n) is 16.9. The van der Waals surface area contributed by atoms with Crippen molar-refractivity contribution in [2.45, 2.75) is 59.6 Å². The van der Waals surface area contributed by atoms with Crippen LogP contribution in [-0.4, -0.2) is 43.3 Å². The van der Waals surface area contributed by atoms with Crippen molar-refractivity contribution in [2.75, 3.05) is 24.5 Å². The normalized spacial score (nSPS) is 11.2. The summed E-state index contributed by atoms with van der Waals surface area (Å²) in [6.07, 6.45) is 0.199. The van der Waals surface area contributed by atoms with Gasteiger partial charge in [-0.15, -0.1) is 0 Å². The smallest absolute Gasteiger partial charge is 0.407 e. The van der Waals surface area contributed by atoms with Crippen molar-refractivity contribution in [3.05, 3.63) is 29.8 Å². The van der Waals surface area contributed by atoms with Gasteiger partial charge in [0.25, 0.3) is 5.91 Å². The molecule has 0 spiro atoms. The number of amides is 2. The Balaban J connectivity index is 2.36. The Hall–Kier alpha value is -2.24. The van der Waals surface area contributed by atoms with Gasteiger partial charge >= 0.3 is 6.09 Å². The quantitative estimate of drug-likeness (QED) is 0.693. The lowest BCUT2D eigenvalue weighted by atomic mass is 10.1. The Morgan fingerprint density at radius 3 is 2.15 bits per heavy atom. The third kappa shape index (κ3) is 7.76. The number of ether oxygens (including phenoxy) is 1. The summed E-state index contributed by atoms with van der Waals surface area (Å²) in [5, 5.41) is 5.53. The predicted molar refractivity (Wildman–Crippen MR) is 106 cm³/mol. The molecule has 0 fully saturated rings. The average Bonchev–Trinajstić information content (AvgIpc) is 2.53. The van der Waals surface area contributed by atoms with Crippen LogP contribution < -0.4 is 15.5 Å². The predicted octanol–water partition coefficient (Wildman–Crippen LogP) is 3.57. The van der Waals surface area contributed by atoms with Crippen LogP contribution in [0.25, 0.3) is 0 Å². The van der Waals surface area contributed by atoms with E-state index in [4.69, 9.17) is 4.74 Å². The zero-order chi connectivity index (χ0) is 19.7.